The lowest BCUT2D eigenvalue weighted by molar-refractivity contribution is -0.121. The zero-order valence-corrected chi connectivity index (χ0v) is 15.6. The van der Waals surface area contributed by atoms with Gasteiger partial charge >= 0.3 is 0 Å². The van der Waals surface area contributed by atoms with Crippen molar-refractivity contribution in [3.8, 4) is 0 Å². The minimum atomic E-state index is -3.42. The Labute approximate surface area is 150 Å². The van der Waals surface area contributed by atoms with E-state index in [9.17, 15) is 13.2 Å². The zero-order chi connectivity index (χ0) is 17.9. The monoisotopic (exact) mass is 365 g/mol. The quantitative estimate of drug-likeness (QED) is 0.888. The number of likely N-dealkylation sites (tertiary alicyclic amines) is 1. The van der Waals surface area contributed by atoms with Crippen molar-refractivity contribution in [3.05, 3.63) is 24.3 Å². The number of nitrogens with zero attached hydrogens (tertiary/aromatic N) is 2. The highest BCUT2D eigenvalue weighted by Crippen LogP contribution is 2.23. The molecular formula is C18H27N3O3S. The number of anilines is 1. The van der Waals surface area contributed by atoms with Gasteiger partial charge in [-0.2, -0.15) is 4.31 Å². The highest BCUT2D eigenvalue weighted by molar-refractivity contribution is 7.89. The summed E-state index contributed by atoms with van der Waals surface area (Å²) in [5.41, 5.74) is 0.654. The summed E-state index contributed by atoms with van der Waals surface area (Å²) in [5.74, 6) is 0.0627. The molecule has 1 amide bonds. The molecule has 1 N–H and O–H groups in total. The van der Waals surface area contributed by atoms with Crippen LogP contribution in [0.25, 0.3) is 0 Å². The van der Waals surface area contributed by atoms with Crippen LogP contribution in [-0.4, -0.2) is 56.8 Å². The van der Waals surface area contributed by atoms with E-state index in [2.05, 4.69) is 17.3 Å². The lowest BCUT2D eigenvalue weighted by Gasteiger charge is -2.28. The van der Waals surface area contributed by atoms with Crippen molar-refractivity contribution in [2.45, 2.75) is 37.0 Å². The molecule has 0 unspecified atom stereocenters. The van der Waals surface area contributed by atoms with Gasteiger partial charge in [-0.25, -0.2) is 8.42 Å². The maximum atomic E-state index is 12.6. The molecule has 2 aliphatic rings. The minimum Gasteiger partial charge on any atom is -0.326 e. The fourth-order valence-corrected chi connectivity index (χ4v) is 5.00. The average Bonchev–Trinajstić information content (AvgIpc) is 2.63. The van der Waals surface area contributed by atoms with E-state index < -0.39 is 10.0 Å². The van der Waals surface area contributed by atoms with Gasteiger partial charge in [0.1, 0.15) is 0 Å². The highest BCUT2D eigenvalue weighted by Gasteiger charge is 2.26. The SMILES string of the molecule is CN1CCC(C(=O)Nc2ccc(S(=O)(=O)N3CCCCC3)cc2)CC1. The molecule has 25 heavy (non-hydrogen) atoms. The summed E-state index contributed by atoms with van der Waals surface area (Å²) in [7, 11) is -1.35. The summed E-state index contributed by atoms with van der Waals surface area (Å²) in [4.78, 5) is 14.9. The molecule has 1 aromatic rings. The maximum absolute atomic E-state index is 12.6. The zero-order valence-electron chi connectivity index (χ0n) is 14.8. The third-order valence-corrected chi connectivity index (χ3v) is 7.08. The first-order valence-corrected chi connectivity index (χ1v) is 10.5. The number of piperidine rings is 2. The van der Waals surface area contributed by atoms with Gasteiger partial charge in [0.05, 0.1) is 4.90 Å². The summed E-state index contributed by atoms with van der Waals surface area (Å²) < 4.78 is 26.8. The molecule has 0 bridgehead atoms. The Bertz CT molecular complexity index is 689. The standard InChI is InChI=1S/C18H27N3O3S/c1-20-13-9-15(10-14-20)18(22)19-16-5-7-17(8-6-16)25(23,24)21-11-3-2-4-12-21/h5-8,15H,2-4,9-14H2,1H3,(H,19,22). The normalized spacial score (nSPS) is 21.2. The topological polar surface area (TPSA) is 69.7 Å². The second-order valence-corrected chi connectivity index (χ2v) is 8.99. The molecule has 2 saturated heterocycles. The number of carbonyl (C=O) groups is 1. The van der Waals surface area contributed by atoms with Gasteiger partial charge in [-0.1, -0.05) is 6.42 Å². The molecular weight excluding hydrogens is 338 g/mol. The molecule has 2 aliphatic heterocycles. The second-order valence-electron chi connectivity index (χ2n) is 7.06. The van der Waals surface area contributed by atoms with E-state index in [1.54, 1.807) is 28.6 Å². The summed E-state index contributed by atoms with van der Waals surface area (Å²) in [5, 5.41) is 2.92. The summed E-state index contributed by atoms with van der Waals surface area (Å²) in [6, 6.07) is 6.55. The Balaban J connectivity index is 1.63. The third-order valence-electron chi connectivity index (χ3n) is 5.16. The van der Waals surface area contributed by atoms with Crippen molar-refractivity contribution >= 4 is 21.6 Å². The molecule has 1 aromatic carbocycles. The van der Waals surface area contributed by atoms with E-state index in [0.29, 0.717) is 23.7 Å². The second kappa shape index (κ2) is 7.85. The van der Waals surface area contributed by atoms with Gasteiger partial charge in [-0.15, -0.1) is 0 Å². The van der Waals surface area contributed by atoms with Crippen LogP contribution in [0.4, 0.5) is 5.69 Å². The Hall–Kier alpha value is -1.44. The molecule has 2 fully saturated rings. The Morgan fingerprint density at radius 3 is 2.20 bits per heavy atom. The van der Waals surface area contributed by atoms with Gasteiger partial charge in [-0.05, 0) is 70.1 Å². The van der Waals surface area contributed by atoms with Gasteiger partial charge in [-0.3, -0.25) is 4.79 Å². The van der Waals surface area contributed by atoms with Crippen molar-refractivity contribution in [1.82, 2.24) is 9.21 Å². The molecule has 0 aliphatic carbocycles. The first-order chi connectivity index (χ1) is 12.0. The molecule has 0 atom stereocenters. The highest BCUT2D eigenvalue weighted by atomic mass is 32.2. The summed E-state index contributed by atoms with van der Waals surface area (Å²) in [6.07, 6.45) is 4.66. The van der Waals surface area contributed by atoms with Gasteiger partial charge in [0.15, 0.2) is 0 Å². The fourth-order valence-electron chi connectivity index (χ4n) is 3.48. The van der Waals surface area contributed by atoms with E-state index in [-0.39, 0.29) is 11.8 Å². The molecule has 7 heteroatoms. The molecule has 0 radical (unpaired) electrons. The van der Waals surface area contributed by atoms with Gasteiger partial charge in [0, 0.05) is 24.7 Å². The van der Waals surface area contributed by atoms with E-state index in [0.717, 1.165) is 45.2 Å². The van der Waals surface area contributed by atoms with Crippen LogP contribution in [0, 0.1) is 5.92 Å². The molecule has 138 valence electrons. The van der Waals surface area contributed by atoms with Gasteiger partial charge in [0.25, 0.3) is 0 Å². The van der Waals surface area contributed by atoms with Crippen LogP contribution in [0.1, 0.15) is 32.1 Å². The van der Waals surface area contributed by atoms with E-state index in [1.165, 1.54) is 0 Å². The number of amides is 1. The number of sulfonamides is 1. The molecule has 2 heterocycles. The van der Waals surface area contributed by atoms with E-state index in [1.807, 2.05) is 0 Å². The number of carbonyl (C=O) groups excluding carboxylic acids is 1. The van der Waals surface area contributed by atoms with Crippen LogP contribution in [0.5, 0.6) is 0 Å². The predicted octanol–water partition coefficient (Wildman–Crippen LogP) is 2.14. The summed E-state index contributed by atoms with van der Waals surface area (Å²) in [6.45, 7) is 3.06. The molecule has 0 aromatic heterocycles. The van der Waals surface area contributed by atoms with E-state index in [4.69, 9.17) is 0 Å². The predicted molar refractivity (Wildman–Crippen MR) is 97.9 cm³/mol. The van der Waals surface area contributed by atoms with E-state index >= 15 is 0 Å². The lowest BCUT2D eigenvalue weighted by atomic mass is 9.96. The van der Waals surface area contributed by atoms with Crippen molar-refractivity contribution in [2.75, 3.05) is 38.5 Å². The van der Waals surface area contributed by atoms with Crippen LogP contribution >= 0.6 is 0 Å². The lowest BCUT2D eigenvalue weighted by Crippen LogP contribution is -2.36. The largest absolute Gasteiger partial charge is 0.326 e. The Morgan fingerprint density at radius 1 is 1.00 bits per heavy atom. The number of hydrogen-bond donors (Lipinski definition) is 1. The Kier molecular flexibility index (Phi) is 5.76. The minimum absolute atomic E-state index is 0.0275. The van der Waals surface area contributed by atoms with Gasteiger partial charge < -0.3 is 10.2 Å². The third kappa shape index (κ3) is 4.40. The van der Waals surface area contributed by atoms with Crippen LogP contribution in [0.3, 0.4) is 0 Å². The molecule has 6 nitrogen and oxygen atoms in total. The first kappa shape index (κ1) is 18.4. The number of benzene rings is 1. The maximum Gasteiger partial charge on any atom is 0.243 e. The van der Waals surface area contributed by atoms with Gasteiger partial charge in [0.2, 0.25) is 15.9 Å². The number of nitrogens with one attached hydrogen (secondary N) is 1. The number of hydrogen-bond acceptors (Lipinski definition) is 4. The van der Waals surface area contributed by atoms with Crippen LogP contribution in [-0.2, 0) is 14.8 Å². The molecule has 0 saturated carbocycles. The smallest absolute Gasteiger partial charge is 0.243 e. The first-order valence-electron chi connectivity index (χ1n) is 9.06. The van der Waals surface area contributed by atoms with Crippen LogP contribution in [0.15, 0.2) is 29.2 Å². The fraction of sp³-hybridized carbons (Fsp3) is 0.611. The Morgan fingerprint density at radius 2 is 1.60 bits per heavy atom. The number of rotatable bonds is 4. The van der Waals surface area contributed by atoms with Crippen LogP contribution < -0.4 is 5.32 Å². The molecule has 0 spiro atoms. The summed E-state index contributed by atoms with van der Waals surface area (Å²) >= 11 is 0. The van der Waals surface area contributed by atoms with Crippen molar-refractivity contribution in [1.29, 1.82) is 0 Å². The van der Waals surface area contributed by atoms with Crippen molar-refractivity contribution in [2.24, 2.45) is 5.92 Å². The van der Waals surface area contributed by atoms with Crippen molar-refractivity contribution < 1.29 is 13.2 Å². The molecule has 3 rings (SSSR count). The van der Waals surface area contributed by atoms with Crippen molar-refractivity contribution in [3.63, 3.8) is 0 Å². The average molecular weight is 365 g/mol. The van der Waals surface area contributed by atoms with Crippen LogP contribution in [0.2, 0.25) is 0 Å².